The highest BCUT2D eigenvalue weighted by Crippen LogP contribution is 2.41. The van der Waals surface area contributed by atoms with Crippen LogP contribution in [-0.4, -0.2) is 54.9 Å². The Labute approximate surface area is 123 Å². The zero-order chi connectivity index (χ0) is 15.4. The van der Waals surface area contributed by atoms with E-state index in [1.165, 1.54) is 6.92 Å². The van der Waals surface area contributed by atoms with Crippen LogP contribution in [0, 0.1) is 0 Å². The molecule has 0 aromatic heterocycles. The Hall–Kier alpha value is -0.730. The quantitative estimate of drug-likeness (QED) is 0.703. The second-order valence-corrected chi connectivity index (χ2v) is 6.51. The molecule has 0 N–H and O–H groups in total. The Balaban J connectivity index is 1.77. The van der Waals surface area contributed by atoms with Crippen molar-refractivity contribution in [1.29, 1.82) is 0 Å². The van der Waals surface area contributed by atoms with Crippen molar-refractivity contribution in [2.45, 2.75) is 76.9 Å². The molecule has 0 spiro atoms. The fraction of sp³-hybridized carbons (Fsp3) is 0.929. The molecule has 0 amide bonds. The summed E-state index contributed by atoms with van der Waals surface area (Å²) in [6.07, 6.45) is -2.40. The molecule has 0 saturated carbocycles. The Morgan fingerprint density at radius 3 is 2.33 bits per heavy atom. The van der Waals surface area contributed by atoms with E-state index in [0.29, 0.717) is 6.61 Å². The van der Waals surface area contributed by atoms with Crippen molar-refractivity contribution in [2.75, 3.05) is 6.61 Å². The fourth-order valence-electron chi connectivity index (χ4n) is 3.01. The molecular formula is C14H22O7. The molecule has 0 aromatic carbocycles. The lowest BCUT2D eigenvalue weighted by Gasteiger charge is -2.28. The highest BCUT2D eigenvalue weighted by Gasteiger charge is 2.59. The maximum Gasteiger partial charge on any atom is 0.303 e. The van der Waals surface area contributed by atoms with Gasteiger partial charge in [0.25, 0.3) is 0 Å². The van der Waals surface area contributed by atoms with Gasteiger partial charge >= 0.3 is 5.97 Å². The molecule has 3 fully saturated rings. The fourth-order valence-corrected chi connectivity index (χ4v) is 3.01. The third-order valence-electron chi connectivity index (χ3n) is 3.73. The van der Waals surface area contributed by atoms with Gasteiger partial charge in [0.15, 0.2) is 30.1 Å². The van der Waals surface area contributed by atoms with Crippen molar-refractivity contribution in [3.05, 3.63) is 0 Å². The molecule has 0 bridgehead atoms. The first-order valence-electron chi connectivity index (χ1n) is 7.17. The molecule has 3 aliphatic rings. The molecule has 0 aromatic rings. The van der Waals surface area contributed by atoms with Gasteiger partial charge < -0.3 is 28.4 Å². The van der Waals surface area contributed by atoms with Crippen LogP contribution in [0.15, 0.2) is 0 Å². The van der Waals surface area contributed by atoms with Crippen LogP contribution in [0.4, 0.5) is 0 Å². The first-order valence-corrected chi connectivity index (χ1v) is 7.17. The predicted molar refractivity (Wildman–Crippen MR) is 69.2 cm³/mol. The van der Waals surface area contributed by atoms with E-state index in [4.69, 9.17) is 28.4 Å². The van der Waals surface area contributed by atoms with Gasteiger partial charge in [-0.3, -0.25) is 4.79 Å². The molecule has 0 unspecified atom stereocenters. The van der Waals surface area contributed by atoms with Crippen LogP contribution >= 0.6 is 0 Å². The van der Waals surface area contributed by atoms with Gasteiger partial charge in [-0.1, -0.05) is 0 Å². The summed E-state index contributed by atoms with van der Waals surface area (Å²) < 4.78 is 34.2. The first-order chi connectivity index (χ1) is 9.67. The highest BCUT2D eigenvalue weighted by atomic mass is 16.8. The molecule has 7 nitrogen and oxygen atoms in total. The lowest BCUT2D eigenvalue weighted by Crippen LogP contribution is -2.44. The van der Waals surface area contributed by atoms with Gasteiger partial charge in [0.05, 0.1) is 6.61 Å². The summed E-state index contributed by atoms with van der Waals surface area (Å²) in [4.78, 5) is 11.4. The number of ether oxygens (including phenoxy) is 6. The molecule has 120 valence electrons. The monoisotopic (exact) mass is 302 g/mol. The Bertz CT molecular complexity index is 433. The lowest BCUT2D eigenvalue weighted by atomic mass is 10.1. The minimum atomic E-state index is -0.759. The van der Waals surface area contributed by atoms with Crippen LogP contribution in [0.3, 0.4) is 0 Å². The van der Waals surface area contributed by atoms with Gasteiger partial charge in [0.1, 0.15) is 12.2 Å². The molecule has 3 aliphatic heterocycles. The average molecular weight is 302 g/mol. The van der Waals surface area contributed by atoms with Crippen LogP contribution in [-0.2, 0) is 33.2 Å². The average Bonchev–Trinajstić information content (AvgIpc) is 2.90. The second-order valence-electron chi connectivity index (χ2n) is 6.51. The molecule has 3 rings (SSSR count). The molecule has 5 atom stereocenters. The molecule has 7 heteroatoms. The van der Waals surface area contributed by atoms with Gasteiger partial charge in [-0.2, -0.15) is 0 Å². The molecule has 21 heavy (non-hydrogen) atoms. The summed E-state index contributed by atoms with van der Waals surface area (Å²) in [5.41, 5.74) is 0. The van der Waals surface area contributed by atoms with E-state index in [2.05, 4.69) is 0 Å². The normalized spacial score (nSPS) is 43.8. The van der Waals surface area contributed by atoms with Gasteiger partial charge in [-0.15, -0.1) is 0 Å². The summed E-state index contributed by atoms with van der Waals surface area (Å²) in [6, 6.07) is 0. The van der Waals surface area contributed by atoms with Crippen molar-refractivity contribution in [3.8, 4) is 0 Å². The lowest BCUT2D eigenvalue weighted by molar-refractivity contribution is -0.235. The molecule has 3 heterocycles. The summed E-state index contributed by atoms with van der Waals surface area (Å²) in [5, 5.41) is 0. The summed E-state index contributed by atoms with van der Waals surface area (Å²) in [7, 11) is 0. The highest BCUT2D eigenvalue weighted by molar-refractivity contribution is 5.66. The van der Waals surface area contributed by atoms with Crippen LogP contribution in [0.1, 0.15) is 34.6 Å². The number of hydrogen-bond donors (Lipinski definition) is 0. The first kappa shape index (κ1) is 15.2. The van der Waals surface area contributed by atoms with Crippen LogP contribution < -0.4 is 0 Å². The van der Waals surface area contributed by atoms with Crippen molar-refractivity contribution >= 4 is 5.97 Å². The van der Waals surface area contributed by atoms with Crippen molar-refractivity contribution in [3.63, 3.8) is 0 Å². The van der Waals surface area contributed by atoms with E-state index in [1.807, 2.05) is 13.8 Å². The summed E-state index contributed by atoms with van der Waals surface area (Å²) >= 11 is 0. The topological polar surface area (TPSA) is 72.5 Å². The summed E-state index contributed by atoms with van der Waals surface area (Å²) in [5.74, 6) is -1.82. The molecule has 0 aliphatic carbocycles. The maximum atomic E-state index is 11.4. The zero-order valence-corrected chi connectivity index (χ0v) is 13.0. The van der Waals surface area contributed by atoms with E-state index < -0.39 is 36.2 Å². The molecule has 3 saturated heterocycles. The van der Waals surface area contributed by atoms with Crippen molar-refractivity contribution in [2.24, 2.45) is 0 Å². The Kier molecular flexibility index (Phi) is 3.53. The minimum Gasteiger partial charge on any atom is -0.457 e. The SMILES string of the molecule is CC(=O)O[C@H]1[C@H]2OC(C)(C)O[C@H]2O[C@@H]1[C@H]1COC(C)(C)O1. The zero-order valence-electron chi connectivity index (χ0n) is 13.0. The smallest absolute Gasteiger partial charge is 0.303 e. The van der Waals surface area contributed by atoms with E-state index >= 15 is 0 Å². The maximum absolute atomic E-state index is 11.4. The minimum absolute atomic E-state index is 0.328. The predicted octanol–water partition coefficient (Wildman–Crippen LogP) is 0.946. The second kappa shape index (κ2) is 4.89. The van der Waals surface area contributed by atoms with Crippen LogP contribution in [0.2, 0.25) is 0 Å². The Morgan fingerprint density at radius 2 is 1.76 bits per heavy atom. The van der Waals surface area contributed by atoms with Gasteiger partial charge in [0, 0.05) is 6.92 Å². The van der Waals surface area contributed by atoms with Gasteiger partial charge in [-0.25, -0.2) is 0 Å². The number of rotatable bonds is 2. The molecular weight excluding hydrogens is 280 g/mol. The van der Waals surface area contributed by atoms with Gasteiger partial charge in [-0.05, 0) is 27.7 Å². The standard InChI is InChI=1S/C14H22O7/c1-7(15)17-10-9(8-6-16-13(2,3)19-8)18-12-11(10)20-14(4,5)21-12/h8-12H,6H2,1-5H3/t8-,9-,10-,11-,12-/m1/s1. The Morgan fingerprint density at radius 1 is 1.05 bits per heavy atom. The number of carbonyl (C=O) groups excluding carboxylic acids is 1. The van der Waals surface area contributed by atoms with E-state index in [1.54, 1.807) is 13.8 Å². The van der Waals surface area contributed by atoms with Crippen molar-refractivity contribution < 1.29 is 33.2 Å². The number of hydrogen-bond acceptors (Lipinski definition) is 7. The van der Waals surface area contributed by atoms with Crippen molar-refractivity contribution in [1.82, 2.24) is 0 Å². The van der Waals surface area contributed by atoms with E-state index in [9.17, 15) is 4.79 Å². The number of carbonyl (C=O) groups is 1. The summed E-state index contributed by atoms with van der Waals surface area (Å²) in [6.45, 7) is 9.00. The number of esters is 1. The van der Waals surface area contributed by atoms with E-state index in [0.717, 1.165) is 0 Å². The third kappa shape index (κ3) is 2.93. The third-order valence-corrected chi connectivity index (χ3v) is 3.73. The van der Waals surface area contributed by atoms with E-state index in [-0.39, 0.29) is 12.1 Å². The van der Waals surface area contributed by atoms with Crippen LogP contribution in [0.5, 0.6) is 0 Å². The van der Waals surface area contributed by atoms with Crippen LogP contribution in [0.25, 0.3) is 0 Å². The van der Waals surface area contributed by atoms with Gasteiger partial charge in [0.2, 0.25) is 0 Å². The largest absolute Gasteiger partial charge is 0.457 e. The molecule has 0 radical (unpaired) electrons. The number of fused-ring (bicyclic) bond motifs is 1.